The number of para-hydroxylation sites is 1. The number of carbonyl (C=O) groups excluding carboxylic acids is 2. The minimum atomic E-state index is -1.01. The first-order chi connectivity index (χ1) is 12.5. The van der Waals surface area contributed by atoms with E-state index in [0.717, 1.165) is 5.69 Å². The van der Waals surface area contributed by atoms with Crippen LogP contribution in [0.1, 0.15) is 12.8 Å². The second kappa shape index (κ2) is 9.76. The van der Waals surface area contributed by atoms with Crippen molar-refractivity contribution in [2.45, 2.75) is 12.8 Å². The number of hydrogen-bond donors (Lipinski definition) is 2. The number of carbonyl (C=O) groups is 3. The van der Waals surface area contributed by atoms with E-state index in [4.69, 9.17) is 5.11 Å². The number of urea groups is 1. The van der Waals surface area contributed by atoms with Gasteiger partial charge < -0.3 is 25.1 Å². The van der Waals surface area contributed by atoms with Crippen LogP contribution in [0.4, 0.5) is 10.5 Å². The van der Waals surface area contributed by atoms with Gasteiger partial charge in [0, 0.05) is 44.8 Å². The van der Waals surface area contributed by atoms with Crippen LogP contribution in [-0.4, -0.2) is 84.0 Å². The van der Waals surface area contributed by atoms with Gasteiger partial charge in [0.05, 0.1) is 0 Å². The van der Waals surface area contributed by atoms with E-state index in [1.54, 1.807) is 4.90 Å². The minimum absolute atomic E-state index is 0.189. The van der Waals surface area contributed by atoms with Crippen molar-refractivity contribution >= 4 is 23.6 Å². The maximum atomic E-state index is 12.5. The normalized spacial score (nSPS) is 17.5. The summed E-state index contributed by atoms with van der Waals surface area (Å²) in [6.07, 6.45) is 0.729. The van der Waals surface area contributed by atoms with Crippen LogP contribution in [-0.2, 0) is 9.59 Å². The summed E-state index contributed by atoms with van der Waals surface area (Å²) in [6, 6.07) is 9.04. The average Bonchev–Trinajstić information content (AvgIpc) is 2.63. The Balaban J connectivity index is 1.99. The SMILES string of the molecule is CN1CCN(CC(=O)O)C(=O)CCCN(C(=O)Nc2ccccc2)CC1. The Bertz CT molecular complexity index is 623. The molecular formula is C18H26N4O4. The first-order valence-corrected chi connectivity index (χ1v) is 8.75. The highest BCUT2D eigenvalue weighted by Crippen LogP contribution is 2.09. The van der Waals surface area contributed by atoms with E-state index >= 15 is 0 Å². The number of aliphatic carboxylic acids is 1. The van der Waals surface area contributed by atoms with Crippen molar-refractivity contribution in [3.05, 3.63) is 30.3 Å². The second-order valence-corrected chi connectivity index (χ2v) is 6.40. The van der Waals surface area contributed by atoms with Crippen molar-refractivity contribution in [1.82, 2.24) is 14.7 Å². The maximum Gasteiger partial charge on any atom is 0.323 e. The number of carboxylic acid groups (broad SMARTS) is 1. The Kier molecular flexibility index (Phi) is 7.40. The molecule has 2 N–H and O–H groups in total. The fourth-order valence-electron chi connectivity index (χ4n) is 2.77. The minimum Gasteiger partial charge on any atom is -0.480 e. The lowest BCUT2D eigenvalue weighted by Crippen LogP contribution is -2.42. The number of nitrogens with one attached hydrogen (secondary N) is 1. The van der Waals surface area contributed by atoms with Gasteiger partial charge in [0.15, 0.2) is 0 Å². The van der Waals surface area contributed by atoms with Crippen LogP contribution >= 0.6 is 0 Å². The molecule has 142 valence electrons. The zero-order chi connectivity index (χ0) is 18.9. The smallest absolute Gasteiger partial charge is 0.323 e. The Labute approximate surface area is 153 Å². The number of nitrogens with zero attached hydrogens (tertiary/aromatic N) is 3. The van der Waals surface area contributed by atoms with Gasteiger partial charge in [-0.25, -0.2) is 4.79 Å². The number of carboxylic acids is 1. The highest BCUT2D eigenvalue weighted by molar-refractivity contribution is 5.89. The third-order valence-electron chi connectivity index (χ3n) is 4.31. The standard InChI is InChI=1S/C18H26N4O4/c1-20-10-12-21(18(26)19-15-6-3-2-4-7-15)9-5-8-16(23)22(13-11-20)14-17(24)25/h2-4,6-7H,5,8-14H2,1H3,(H,19,26)(H,24,25). The molecule has 8 heteroatoms. The largest absolute Gasteiger partial charge is 0.480 e. The Morgan fingerprint density at radius 3 is 2.46 bits per heavy atom. The number of rotatable bonds is 3. The predicted octanol–water partition coefficient (Wildman–Crippen LogP) is 1.16. The molecule has 1 aliphatic heterocycles. The van der Waals surface area contributed by atoms with Gasteiger partial charge in [-0.1, -0.05) is 18.2 Å². The molecule has 8 nitrogen and oxygen atoms in total. The van der Waals surface area contributed by atoms with Gasteiger partial charge in [0.25, 0.3) is 0 Å². The Hall–Kier alpha value is -2.61. The number of benzene rings is 1. The van der Waals surface area contributed by atoms with Crippen LogP contribution in [0, 0.1) is 0 Å². The predicted molar refractivity (Wildman–Crippen MR) is 98.0 cm³/mol. The topological polar surface area (TPSA) is 93.2 Å². The van der Waals surface area contributed by atoms with E-state index in [1.165, 1.54) is 4.90 Å². The van der Waals surface area contributed by atoms with Crippen molar-refractivity contribution in [2.24, 2.45) is 0 Å². The highest BCUT2D eigenvalue weighted by atomic mass is 16.4. The summed E-state index contributed by atoms with van der Waals surface area (Å²) in [5, 5.41) is 11.8. The van der Waals surface area contributed by atoms with Crippen LogP contribution < -0.4 is 5.32 Å². The lowest BCUT2D eigenvalue weighted by molar-refractivity contribution is -0.144. The summed E-state index contributed by atoms with van der Waals surface area (Å²) in [7, 11) is 1.90. The second-order valence-electron chi connectivity index (χ2n) is 6.40. The molecule has 1 saturated heterocycles. The molecule has 26 heavy (non-hydrogen) atoms. The molecule has 0 spiro atoms. The molecule has 3 amide bonds. The molecule has 0 saturated carbocycles. The van der Waals surface area contributed by atoms with Crippen LogP contribution in [0.5, 0.6) is 0 Å². The molecule has 0 bridgehead atoms. The van der Waals surface area contributed by atoms with Gasteiger partial charge in [0.2, 0.25) is 5.91 Å². The van der Waals surface area contributed by atoms with Crippen molar-refractivity contribution < 1.29 is 19.5 Å². The quantitative estimate of drug-likeness (QED) is 0.842. The van der Waals surface area contributed by atoms with E-state index in [9.17, 15) is 14.4 Å². The number of likely N-dealkylation sites (N-methyl/N-ethyl adjacent to an activating group) is 1. The van der Waals surface area contributed by atoms with Crippen LogP contribution in [0.15, 0.2) is 30.3 Å². The highest BCUT2D eigenvalue weighted by Gasteiger charge is 2.20. The third-order valence-corrected chi connectivity index (χ3v) is 4.31. The molecule has 0 radical (unpaired) electrons. The number of amides is 3. The fourth-order valence-corrected chi connectivity index (χ4v) is 2.77. The zero-order valence-electron chi connectivity index (χ0n) is 15.1. The molecule has 0 aromatic heterocycles. The van der Waals surface area contributed by atoms with Gasteiger partial charge in [0.1, 0.15) is 6.54 Å². The maximum absolute atomic E-state index is 12.5. The lowest BCUT2D eigenvalue weighted by atomic mass is 10.2. The van der Waals surface area contributed by atoms with Crippen molar-refractivity contribution in [1.29, 1.82) is 0 Å². The summed E-state index contributed by atoms with van der Waals surface area (Å²) < 4.78 is 0. The average molecular weight is 362 g/mol. The van der Waals surface area contributed by atoms with Crippen LogP contribution in [0.3, 0.4) is 0 Å². The number of hydrogen-bond acceptors (Lipinski definition) is 4. The van der Waals surface area contributed by atoms with E-state index in [2.05, 4.69) is 5.32 Å². The van der Waals surface area contributed by atoms with E-state index < -0.39 is 5.97 Å². The van der Waals surface area contributed by atoms with Crippen molar-refractivity contribution in [2.75, 3.05) is 51.6 Å². The molecule has 1 aromatic rings. The lowest BCUT2D eigenvalue weighted by Gasteiger charge is -2.26. The van der Waals surface area contributed by atoms with Gasteiger partial charge in [-0.15, -0.1) is 0 Å². The summed E-state index contributed by atoms with van der Waals surface area (Å²) in [4.78, 5) is 40.8. The molecule has 2 rings (SSSR count). The van der Waals surface area contributed by atoms with Crippen LogP contribution in [0.2, 0.25) is 0 Å². The Morgan fingerprint density at radius 1 is 1.08 bits per heavy atom. The molecule has 0 aliphatic carbocycles. The first-order valence-electron chi connectivity index (χ1n) is 8.75. The summed E-state index contributed by atoms with van der Waals surface area (Å²) >= 11 is 0. The van der Waals surface area contributed by atoms with E-state index in [0.29, 0.717) is 39.1 Å². The summed E-state index contributed by atoms with van der Waals surface area (Å²) in [6.45, 7) is 2.29. The fraction of sp³-hybridized carbons (Fsp3) is 0.500. The molecular weight excluding hydrogens is 336 g/mol. The molecule has 1 aliphatic rings. The van der Waals surface area contributed by atoms with Gasteiger partial charge in [-0.3, -0.25) is 9.59 Å². The van der Waals surface area contributed by atoms with Crippen LogP contribution in [0.25, 0.3) is 0 Å². The molecule has 1 aromatic carbocycles. The van der Waals surface area contributed by atoms with Gasteiger partial charge in [-0.2, -0.15) is 0 Å². The zero-order valence-corrected chi connectivity index (χ0v) is 15.1. The number of anilines is 1. The first kappa shape index (κ1) is 19.7. The van der Waals surface area contributed by atoms with Gasteiger partial charge >= 0.3 is 12.0 Å². The molecule has 0 unspecified atom stereocenters. The Morgan fingerprint density at radius 2 is 1.77 bits per heavy atom. The third kappa shape index (κ3) is 6.36. The van der Waals surface area contributed by atoms with Gasteiger partial charge in [-0.05, 0) is 25.6 Å². The molecule has 1 heterocycles. The van der Waals surface area contributed by atoms with Crippen molar-refractivity contribution in [3.63, 3.8) is 0 Å². The summed E-state index contributed by atoms with van der Waals surface area (Å²) in [5.41, 5.74) is 0.726. The van der Waals surface area contributed by atoms with E-state index in [-0.39, 0.29) is 24.9 Å². The van der Waals surface area contributed by atoms with Crippen molar-refractivity contribution in [3.8, 4) is 0 Å². The van der Waals surface area contributed by atoms with E-state index in [1.807, 2.05) is 42.3 Å². The monoisotopic (exact) mass is 362 g/mol. The molecule has 1 fully saturated rings. The summed E-state index contributed by atoms with van der Waals surface area (Å²) in [5.74, 6) is -1.20. The molecule has 0 atom stereocenters.